The van der Waals surface area contributed by atoms with Gasteiger partial charge in [-0.1, -0.05) is 13.3 Å². The minimum absolute atomic E-state index is 0.553. The van der Waals surface area contributed by atoms with E-state index in [0.29, 0.717) is 11.6 Å². The third-order valence-electron chi connectivity index (χ3n) is 4.11. The van der Waals surface area contributed by atoms with Crippen molar-refractivity contribution in [1.29, 1.82) is 0 Å². The third-order valence-corrected chi connectivity index (χ3v) is 4.11. The number of likely N-dealkylation sites (N-methyl/N-ethyl adjacent to an activating group) is 1. The molecule has 2 aromatic rings. The minimum Gasteiger partial charge on any atom is -0.300 e. The van der Waals surface area contributed by atoms with Gasteiger partial charge in [-0.25, -0.2) is 9.50 Å². The van der Waals surface area contributed by atoms with E-state index in [2.05, 4.69) is 21.9 Å². The summed E-state index contributed by atoms with van der Waals surface area (Å²) in [5.74, 6) is 0.874. The van der Waals surface area contributed by atoms with Crippen LogP contribution in [0.15, 0.2) is 18.3 Å². The van der Waals surface area contributed by atoms with Gasteiger partial charge in [0.05, 0.1) is 0 Å². The van der Waals surface area contributed by atoms with Crippen molar-refractivity contribution in [1.82, 2.24) is 19.5 Å². The number of hydrogen-bond donors (Lipinski definition) is 0. The van der Waals surface area contributed by atoms with Crippen LogP contribution in [0, 0.1) is 0 Å². The van der Waals surface area contributed by atoms with Crippen LogP contribution in [0.2, 0.25) is 0 Å². The Morgan fingerprint density at radius 2 is 2.35 bits per heavy atom. The number of aromatic nitrogens is 3. The lowest BCUT2D eigenvalue weighted by Crippen LogP contribution is -2.40. The van der Waals surface area contributed by atoms with Crippen LogP contribution in [-0.4, -0.2) is 44.9 Å². The number of fused-ring (bicyclic) bond motifs is 1. The highest BCUT2D eigenvalue weighted by Crippen LogP contribution is 2.19. The lowest BCUT2D eigenvalue weighted by Gasteiger charge is -2.34. The molecule has 2 aromatic heterocycles. The van der Waals surface area contributed by atoms with Gasteiger partial charge in [0.25, 0.3) is 0 Å². The standard InChI is InChI=1S/C15H20N4O/c1-2-18-7-4-3-5-13(18)10-14-16-15-9-12(11-20)6-8-19(15)17-14/h6,8-9,11,13H,2-5,7,10H2,1H3. The lowest BCUT2D eigenvalue weighted by molar-refractivity contribution is 0.112. The number of rotatable bonds is 4. The number of aldehydes is 1. The van der Waals surface area contributed by atoms with Crippen LogP contribution >= 0.6 is 0 Å². The molecule has 1 saturated heterocycles. The summed E-state index contributed by atoms with van der Waals surface area (Å²) >= 11 is 0. The van der Waals surface area contributed by atoms with Gasteiger partial charge in [0.2, 0.25) is 0 Å². The Morgan fingerprint density at radius 1 is 1.45 bits per heavy atom. The minimum atomic E-state index is 0.553. The monoisotopic (exact) mass is 272 g/mol. The van der Waals surface area contributed by atoms with Gasteiger partial charge in [0.15, 0.2) is 11.5 Å². The van der Waals surface area contributed by atoms with Crippen LogP contribution in [0.5, 0.6) is 0 Å². The number of likely N-dealkylation sites (tertiary alicyclic amines) is 1. The van der Waals surface area contributed by atoms with Crippen molar-refractivity contribution in [3.05, 3.63) is 29.7 Å². The largest absolute Gasteiger partial charge is 0.300 e. The van der Waals surface area contributed by atoms with Gasteiger partial charge in [-0.2, -0.15) is 5.10 Å². The summed E-state index contributed by atoms with van der Waals surface area (Å²) in [6, 6.07) is 4.09. The molecule has 3 heterocycles. The molecule has 20 heavy (non-hydrogen) atoms. The summed E-state index contributed by atoms with van der Waals surface area (Å²) in [5, 5.41) is 4.51. The molecule has 0 aromatic carbocycles. The molecular weight excluding hydrogens is 252 g/mol. The van der Waals surface area contributed by atoms with Crippen molar-refractivity contribution in [3.63, 3.8) is 0 Å². The van der Waals surface area contributed by atoms with Gasteiger partial charge in [-0.15, -0.1) is 0 Å². The zero-order chi connectivity index (χ0) is 13.9. The molecular formula is C15H20N4O. The average molecular weight is 272 g/mol. The molecule has 3 rings (SSSR count). The van der Waals surface area contributed by atoms with Gasteiger partial charge >= 0.3 is 0 Å². The number of piperidine rings is 1. The number of carbonyl (C=O) groups is 1. The first-order chi connectivity index (χ1) is 9.80. The SMILES string of the molecule is CCN1CCCCC1Cc1nc2cc(C=O)ccn2n1. The topological polar surface area (TPSA) is 50.5 Å². The maximum atomic E-state index is 10.8. The average Bonchev–Trinajstić information content (AvgIpc) is 2.89. The van der Waals surface area contributed by atoms with Gasteiger partial charge < -0.3 is 4.90 Å². The number of hydrogen-bond acceptors (Lipinski definition) is 4. The van der Waals surface area contributed by atoms with Crippen molar-refractivity contribution < 1.29 is 4.79 Å². The normalized spacial score (nSPS) is 20.4. The molecule has 5 heteroatoms. The highest BCUT2D eigenvalue weighted by Gasteiger charge is 2.22. The smallest absolute Gasteiger partial charge is 0.156 e. The van der Waals surface area contributed by atoms with E-state index in [1.54, 1.807) is 22.8 Å². The molecule has 0 radical (unpaired) electrons. The second-order valence-corrected chi connectivity index (χ2v) is 5.39. The molecule has 0 saturated carbocycles. The fourth-order valence-corrected chi connectivity index (χ4v) is 3.02. The fraction of sp³-hybridized carbons (Fsp3) is 0.533. The summed E-state index contributed by atoms with van der Waals surface area (Å²) in [6.07, 6.45) is 7.35. The lowest BCUT2D eigenvalue weighted by atomic mass is 9.99. The highest BCUT2D eigenvalue weighted by molar-refractivity contribution is 5.76. The van der Waals surface area contributed by atoms with E-state index < -0.39 is 0 Å². The number of pyridine rings is 1. The van der Waals surface area contributed by atoms with E-state index in [4.69, 9.17) is 0 Å². The molecule has 106 valence electrons. The zero-order valence-electron chi connectivity index (χ0n) is 11.8. The van der Waals surface area contributed by atoms with E-state index >= 15 is 0 Å². The molecule has 0 bridgehead atoms. The second-order valence-electron chi connectivity index (χ2n) is 5.39. The summed E-state index contributed by atoms with van der Waals surface area (Å²) in [4.78, 5) is 17.9. The maximum Gasteiger partial charge on any atom is 0.156 e. The Bertz CT molecular complexity index is 607. The quantitative estimate of drug-likeness (QED) is 0.798. The van der Waals surface area contributed by atoms with Gasteiger partial charge in [-0.3, -0.25) is 4.79 Å². The molecule has 1 atom stereocenters. The summed E-state index contributed by atoms with van der Waals surface area (Å²) in [5.41, 5.74) is 1.40. The van der Waals surface area contributed by atoms with Gasteiger partial charge in [0, 0.05) is 24.2 Å². The Labute approximate surface area is 118 Å². The Hall–Kier alpha value is -1.75. The van der Waals surface area contributed by atoms with E-state index in [-0.39, 0.29) is 0 Å². The fourth-order valence-electron chi connectivity index (χ4n) is 3.02. The first kappa shape index (κ1) is 13.2. The first-order valence-electron chi connectivity index (χ1n) is 7.34. The zero-order valence-corrected chi connectivity index (χ0v) is 11.8. The Kier molecular flexibility index (Phi) is 3.78. The summed E-state index contributed by atoms with van der Waals surface area (Å²) in [6.45, 7) is 4.49. The molecule has 1 aliphatic heterocycles. The van der Waals surface area contributed by atoms with Crippen LogP contribution in [0.4, 0.5) is 0 Å². The third kappa shape index (κ3) is 2.58. The van der Waals surface area contributed by atoms with Crippen LogP contribution in [0.1, 0.15) is 42.4 Å². The molecule has 5 nitrogen and oxygen atoms in total. The molecule has 1 unspecified atom stereocenters. The molecule has 0 amide bonds. The second kappa shape index (κ2) is 5.71. The van der Waals surface area contributed by atoms with E-state index in [1.807, 2.05) is 0 Å². The van der Waals surface area contributed by atoms with Crippen molar-refractivity contribution in [2.45, 2.75) is 38.6 Å². The molecule has 1 fully saturated rings. The molecule has 1 aliphatic rings. The molecule has 0 spiro atoms. The first-order valence-corrected chi connectivity index (χ1v) is 7.34. The van der Waals surface area contributed by atoms with Crippen LogP contribution in [0.3, 0.4) is 0 Å². The summed E-state index contributed by atoms with van der Waals surface area (Å²) < 4.78 is 1.75. The predicted molar refractivity (Wildman–Crippen MR) is 77.0 cm³/mol. The highest BCUT2D eigenvalue weighted by atomic mass is 16.1. The van der Waals surface area contributed by atoms with Crippen LogP contribution in [0.25, 0.3) is 5.65 Å². The van der Waals surface area contributed by atoms with Crippen molar-refractivity contribution in [2.75, 3.05) is 13.1 Å². The summed E-state index contributed by atoms with van der Waals surface area (Å²) in [7, 11) is 0. The van der Waals surface area contributed by atoms with E-state index in [1.165, 1.54) is 25.8 Å². The van der Waals surface area contributed by atoms with Gasteiger partial charge in [-0.05, 0) is 38.1 Å². The van der Waals surface area contributed by atoms with E-state index in [9.17, 15) is 4.79 Å². The van der Waals surface area contributed by atoms with Crippen LogP contribution in [-0.2, 0) is 6.42 Å². The molecule has 0 N–H and O–H groups in total. The molecule has 0 aliphatic carbocycles. The van der Waals surface area contributed by atoms with E-state index in [0.717, 1.165) is 30.7 Å². The van der Waals surface area contributed by atoms with Crippen molar-refractivity contribution in [2.24, 2.45) is 0 Å². The number of carbonyl (C=O) groups excluding carboxylic acids is 1. The van der Waals surface area contributed by atoms with Crippen molar-refractivity contribution in [3.8, 4) is 0 Å². The van der Waals surface area contributed by atoms with Crippen molar-refractivity contribution >= 4 is 11.9 Å². The number of nitrogens with zero attached hydrogens (tertiary/aromatic N) is 4. The van der Waals surface area contributed by atoms with Crippen LogP contribution < -0.4 is 0 Å². The maximum absolute atomic E-state index is 10.8. The Balaban J connectivity index is 1.81. The Morgan fingerprint density at radius 3 is 3.15 bits per heavy atom. The van der Waals surface area contributed by atoms with Gasteiger partial charge in [0.1, 0.15) is 6.29 Å². The predicted octanol–water partition coefficient (Wildman–Crippen LogP) is 1.96.